The lowest BCUT2D eigenvalue weighted by Crippen LogP contribution is -2.54. The van der Waals surface area contributed by atoms with Crippen molar-refractivity contribution in [2.75, 3.05) is 5.75 Å². The van der Waals surface area contributed by atoms with Gasteiger partial charge in [0.25, 0.3) is 0 Å². The molecule has 36 heavy (non-hydrogen) atoms. The van der Waals surface area contributed by atoms with Crippen molar-refractivity contribution in [1.82, 2.24) is 10.2 Å². The Labute approximate surface area is 228 Å². The third-order valence-electron chi connectivity index (χ3n) is 5.44. The smallest absolute Gasteiger partial charge is 0.243 e. The van der Waals surface area contributed by atoms with Crippen LogP contribution in [-0.4, -0.2) is 34.0 Å². The molecule has 0 aliphatic heterocycles. The van der Waals surface area contributed by atoms with E-state index in [1.54, 1.807) is 17.0 Å². The lowest BCUT2D eigenvalue weighted by Gasteiger charge is -2.34. The third kappa shape index (κ3) is 8.88. The molecule has 0 aliphatic rings. The van der Waals surface area contributed by atoms with Crippen LogP contribution in [0.2, 0.25) is 10.0 Å². The van der Waals surface area contributed by atoms with Gasteiger partial charge < -0.3 is 10.2 Å². The molecule has 3 aromatic rings. The Bertz CT molecular complexity index is 1150. The Balaban J connectivity index is 1.89. The summed E-state index contributed by atoms with van der Waals surface area (Å²) in [5.74, 6) is 0.675. The highest BCUT2D eigenvalue weighted by Crippen LogP contribution is 2.25. The van der Waals surface area contributed by atoms with Crippen LogP contribution in [0.4, 0.5) is 0 Å². The fourth-order valence-corrected chi connectivity index (χ4v) is 4.95. The van der Waals surface area contributed by atoms with E-state index in [4.69, 9.17) is 23.2 Å². The molecule has 4 nitrogen and oxygen atoms in total. The number of carbonyl (C=O) groups is 2. The van der Waals surface area contributed by atoms with Gasteiger partial charge in [0, 0.05) is 24.3 Å². The van der Waals surface area contributed by atoms with Gasteiger partial charge in [0.05, 0.1) is 15.8 Å². The summed E-state index contributed by atoms with van der Waals surface area (Å²) in [7, 11) is 0. The average Bonchev–Trinajstić information content (AvgIpc) is 2.83. The van der Waals surface area contributed by atoms with Crippen LogP contribution < -0.4 is 5.32 Å². The van der Waals surface area contributed by atoms with Crippen LogP contribution in [0.15, 0.2) is 78.9 Å². The van der Waals surface area contributed by atoms with E-state index < -0.39 is 11.6 Å². The zero-order valence-electron chi connectivity index (χ0n) is 20.8. The van der Waals surface area contributed by atoms with Gasteiger partial charge in [-0.3, -0.25) is 9.59 Å². The van der Waals surface area contributed by atoms with E-state index in [-0.39, 0.29) is 24.1 Å². The molecule has 2 amide bonds. The quantitative estimate of drug-likeness (QED) is 0.307. The second kappa shape index (κ2) is 13.2. The van der Waals surface area contributed by atoms with E-state index in [0.717, 1.165) is 16.7 Å². The summed E-state index contributed by atoms with van der Waals surface area (Å²) in [6.45, 7) is 6.05. The summed E-state index contributed by atoms with van der Waals surface area (Å²) in [4.78, 5) is 28.9. The van der Waals surface area contributed by atoms with Gasteiger partial charge in [0.1, 0.15) is 6.04 Å². The van der Waals surface area contributed by atoms with Crippen molar-refractivity contribution >= 4 is 46.8 Å². The number of hydrogen-bond donors (Lipinski definition) is 1. The van der Waals surface area contributed by atoms with E-state index in [1.807, 2.05) is 87.5 Å². The number of hydrogen-bond acceptors (Lipinski definition) is 3. The second-order valence-electron chi connectivity index (χ2n) is 9.69. The number of amides is 2. The molecule has 1 atom stereocenters. The van der Waals surface area contributed by atoms with Crippen LogP contribution in [0, 0.1) is 0 Å². The van der Waals surface area contributed by atoms with Gasteiger partial charge >= 0.3 is 0 Å². The number of carbonyl (C=O) groups excluding carboxylic acids is 2. The van der Waals surface area contributed by atoms with Crippen molar-refractivity contribution in [2.24, 2.45) is 0 Å². The summed E-state index contributed by atoms with van der Waals surface area (Å²) in [5, 5.41) is 3.94. The first-order valence-corrected chi connectivity index (χ1v) is 13.7. The molecule has 190 valence electrons. The van der Waals surface area contributed by atoms with Crippen molar-refractivity contribution in [3.05, 3.63) is 106 Å². The molecule has 3 rings (SSSR count). The number of halogens is 2. The number of benzene rings is 3. The summed E-state index contributed by atoms with van der Waals surface area (Å²) >= 11 is 13.9. The van der Waals surface area contributed by atoms with E-state index in [2.05, 4.69) is 5.32 Å². The highest BCUT2D eigenvalue weighted by molar-refractivity contribution is 7.99. The normalized spacial score (nSPS) is 12.1. The standard InChI is InChI=1S/C29H32Cl2N2O2S/c1-29(2,3)32-28(35)26(17-21-10-6-4-7-11-21)33(18-23-14-15-24(30)25(31)16-23)27(34)20-36-19-22-12-8-5-9-13-22/h4-16,26H,17-20H2,1-3H3,(H,32,35). The van der Waals surface area contributed by atoms with Gasteiger partial charge in [-0.05, 0) is 49.6 Å². The van der Waals surface area contributed by atoms with Crippen LogP contribution in [0.5, 0.6) is 0 Å². The van der Waals surface area contributed by atoms with Gasteiger partial charge in [-0.1, -0.05) is 89.9 Å². The van der Waals surface area contributed by atoms with Crippen molar-refractivity contribution in [3.8, 4) is 0 Å². The maximum atomic E-state index is 13.7. The van der Waals surface area contributed by atoms with Crippen LogP contribution in [0.1, 0.15) is 37.5 Å². The van der Waals surface area contributed by atoms with E-state index in [1.165, 1.54) is 11.8 Å². The van der Waals surface area contributed by atoms with E-state index >= 15 is 0 Å². The lowest BCUT2D eigenvalue weighted by molar-refractivity contribution is -0.140. The van der Waals surface area contributed by atoms with Crippen molar-refractivity contribution in [1.29, 1.82) is 0 Å². The van der Waals surface area contributed by atoms with Crippen LogP contribution in [-0.2, 0) is 28.3 Å². The number of thioether (sulfide) groups is 1. The Hall–Kier alpha value is -2.47. The second-order valence-corrected chi connectivity index (χ2v) is 11.5. The average molecular weight is 544 g/mol. The number of rotatable bonds is 10. The molecule has 0 spiro atoms. The summed E-state index contributed by atoms with van der Waals surface area (Å²) in [6.07, 6.45) is 0.402. The van der Waals surface area contributed by atoms with E-state index in [0.29, 0.717) is 22.2 Å². The molecule has 0 heterocycles. The van der Waals surface area contributed by atoms with Crippen LogP contribution in [0.25, 0.3) is 0 Å². The zero-order valence-corrected chi connectivity index (χ0v) is 23.2. The number of nitrogens with zero attached hydrogens (tertiary/aromatic N) is 1. The lowest BCUT2D eigenvalue weighted by atomic mass is 10.0. The Morgan fingerprint density at radius 3 is 2.06 bits per heavy atom. The van der Waals surface area contributed by atoms with E-state index in [9.17, 15) is 9.59 Å². The molecule has 0 bridgehead atoms. The third-order valence-corrected chi connectivity index (χ3v) is 7.17. The highest BCUT2D eigenvalue weighted by Gasteiger charge is 2.32. The van der Waals surface area contributed by atoms with Gasteiger partial charge in [-0.25, -0.2) is 0 Å². The largest absolute Gasteiger partial charge is 0.350 e. The van der Waals surface area contributed by atoms with Crippen molar-refractivity contribution in [2.45, 2.75) is 51.1 Å². The zero-order chi connectivity index (χ0) is 26.1. The summed E-state index contributed by atoms with van der Waals surface area (Å²) in [5.41, 5.74) is 2.51. The topological polar surface area (TPSA) is 49.4 Å². The van der Waals surface area contributed by atoms with Gasteiger partial charge in [-0.15, -0.1) is 11.8 Å². The van der Waals surface area contributed by atoms with Crippen LogP contribution >= 0.6 is 35.0 Å². The van der Waals surface area contributed by atoms with Crippen molar-refractivity contribution in [3.63, 3.8) is 0 Å². The molecule has 1 N–H and O–H groups in total. The molecule has 1 unspecified atom stereocenters. The maximum absolute atomic E-state index is 13.7. The van der Waals surface area contributed by atoms with Gasteiger partial charge in [-0.2, -0.15) is 0 Å². The molecule has 3 aromatic carbocycles. The SMILES string of the molecule is CC(C)(C)NC(=O)C(Cc1ccccc1)N(Cc1ccc(Cl)c(Cl)c1)C(=O)CSCc1ccccc1. The fourth-order valence-electron chi connectivity index (χ4n) is 3.75. The first-order chi connectivity index (χ1) is 17.1. The molecular formula is C29H32Cl2N2O2S. The first-order valence-electron chi connectivity index (χ1n) is 11.8. The fraction of sp³-hybridized carbons (Fsp3) is 0.310. The first kappa shape index (κ1) is 28.1. The molecule has 0 saturated heterocycles. The Morgan fingerprint density at radius 2 is 1.47 bits per heavy atom. The summed E-state index contributed by atoms with van der Waals surface area (Å²) < 4.78 is 0. The monoisotopic (exact) mass is 542 g/mol. The minimum atomic E-state index is -0.689. The Kier molecular flexibility index (Phi) is 10.3. The van der Waals surface area contributed by atoms with Crippen LogP contribution in [0.3, 0.4) is 0 Å². The minimum absolute atomic E-state index is 0.105. The maximum Gasteiger partial charge on any atom is 0.243 e. The minimum Gasteiger partial charge on any atom is -0.350 e. The number of nitrogens with one attached hydrogen (secondary N) is 1. The summed E-state index contributed by atoms with van der Waals surface area (Å²) in [6, 6.07) is 24.4. The molecule has 0 aliphatic carbocycles. The molecule has 0 saturated carbocycles. The van der Waals surface area contributed by atoms with Gasteiger partial charge in [0.15, 0.2) is 0 Å². The molecule has 0 fully saturated rings. The Morgan fingerprint density at radius 1 is 0.861 bits per heavy atom. The van der Waals surface area contributed by atoms with Gasteiger partial charge in [0.2, 0.25) is 11.8 Å². The highest BCUT2D eigenvalue weighted by atomic mass is 35.5. The van der Waals surface area contributed by atoms with Crippen molar-refractivity contribution < 1.29 is 9.59 Å². The molecule has 0 aromatic heterocycles. The molecular weight excluding hydrogens is 511 g/mol. The predicted molar refractivity (Wildman–Crippen MR) is 151 cm³/mol. The molecule has 7 heteroatoms. The predicted octanol–water partition coefficient (Wildman–Crippen LogP) is 6.78. The molecule has 0 radical (unpaired) electrons.